The van der Waals surface area contributed by atoms with E-state index < -0.39 is 0 Å². The number of benzene rings is 2. The van der Waals surface area contributed by atoms with E-state index in [-0.39, 0.29) is 11.8 Å². The summed E-state index contributed by atoms with van der Waals surface area (Å²) in [5, 5.41) is 2.78. The lowest BCUT2D eigenvalue weighted by atomic mass is 10.1. The highest BCUT2D eigenvalue weighted by atomic mass is 16.2. The molecule has 21 heavy (non-hydrogen) atoms. The van der Waals surface area contributed by atoms with Gasteiger partial charge < -0.3 is 10.2 Å². The fourth-order valence-electron chi connectivity index (χ4n) is 2.28. The van der Waals surface area contributed by atoms with Crippen LogP contribution in [-0.4, -0.2) is 23.8 Å². The second-order valence-electron chi connectivity index (χ2n) is 4.80. The van der Waals surface area contributed by atoms with Crippen molar-refractivity contribution in [3.05, 3.63) is 71.4 Å². The van der Waals surface area contributed by atoms with Gasteiger partial charge in [-0.25, -0.2) is 0 Å². The largest absolute Gasteiger partial charge is 0.320 e. The zero-order valence-corrected chi connectivity index (χ0v) is 11.5. The molecule has 3 rings (SSSR count). The molecule has 0 unspecified atom stereocenters. The Hall–Kier alpha value is -2.88. The third kappa shape index (κ3) is 2.43. The van der Waals surface area contributed by atoms with Crippen LogP contribution in [0.3, 0.4) is 0 Å². The SMILES string of the molecule is CN1C(=O)c2ccccc2NC(=O)/C1=C\c1ccccc1. The lowest BCUT2D eigenvalue weighted by Crippen LogP contribution is -2.29. The van der Waals surface area contributed by atoms with Gasteiger partial charge in [0.2, 0.25) is 0 Å². The summed E-state index contributed by atoms with van der Waals surface area (Å²) in [6.07, 6.45) is 1.71. The fraction of sp³-hybridized carbons (Fsp3) is 0.0588. The van der Waals surface area contributed by atoms with Crippen LogP contribution in [0.5, 0.6) is 0 Å². The van der Waals surface area contributed by atoms with E-state index in [1.807, 2.05) is 30.3 Å². The van der Waals surface area contributed by atoms with Crippen LogP contribution in [0.2, 0.25) is 0 Å². The van der Waals surface area contributed by atoms with Gasteiger partial charge in [-0.3, -0.25) is 9.59 Å². The van der Waals surface area contributed by atoms with Gasteiger partial charge in [0.05, 0.1) is 11.3 Å². The predicted molar refractivity (Wildman–Crippen MR) is 81.6 cm³/mol. The molecule has 2 aromatic rings. The normalized spacial score (nSPS) is 16.4. The smallest absolute Gasteiger partial charge is 0.272 e. The van der Waals surface area contributed by atoms with Gasteiger partial charge in [0.25, 0.3) is 11.8 Å². The molecule has 1 N–H and O–H groups in total. The number of nitrogens with one attached hydrogen (secondary N) is 1. The lowest BCUT2D eigenvalue weighted by Gasteiger charge is -2.16. The number of likely N-dealkylation sites (N-methyl/N-ethyl adjacent to an activating group) is 1. The molecular weight excluding hydrogens is 264 g/mol. The third-order valence-corrected chi connectivity index (χ3v) is 3.41. The number of fused-ring (bicyclic) bond motifs is 1. The van der Waals surface area contributed by atoms with E-state index in [1.165, 1.54) is 4.90 Å². The first-order valence-electron chi connectivity index (χ1n) is 6.62. The number of hydrogen-bond acceptors (Lipinski definition) is 2. The molecule has 1 heterocycles. The number of para-hydroxylation sites is 1. The van der Waals surface area contributed by atoms with Crippen molar-refractivity contribution >= 4 is 23.6 Å². The highest BCUT2D eigenvalue weighted by molar-refractivity contribution is 6.16. The number of hydrogen-bond donors (Lipinski definition) is 1. The maximum Gasteiger partial charge on any atom is 0.272 e. The summed E-state index contributed by atoms with van der Waals surface area (Å²) in [6.45, 7) is 0. The van der Waals surface area contributed by atoms with Gasteiger partial charge in [0, 0.05) is 7.05 Å². The summed E-state index contributed by atoms with van der Waals surface area (Å²) in [6, 6.07) is 16.5. The lowest BCUT2D eigenvalue weighted by molar-refractivity contribution is -0.113. The minimum absolute atomic E-state index is 0.203. The van der Waals surface area contributed by atoms with Crippen molar-refractivity contribution in [2.45, 2.75) is 0 Å². The summed E-state index contributed by atoms with van der Waals surface area (Å²) in [5.41, 5.74) is 2.22. The minimum atomic E-state index is -0.292. The van der Waals surface area contributed by atoms with Gasteiger partial charge in [-0.2, -0.15) is 0 Å². The zero-order valence-electron chi connectivity index (χ0n) is 11.5. The van der Waals surface area contributed by atoms with E-state index in [2.05, 4.69) is 5.32 Å². The first kappa shape index (κ1) is 13.1. The van der Waals surface area contributed by atoms with Crippen LogP contribution in [0.1, 0.15) is 15.9 Å². The van der Waals surface area contributed by atoms with Crippen LogP contribution in [0.15, 0.2) is 60.3 Å². The molecule has 0 bridgehead atoms. The monoisotopic (exact) mass is 278 g/mol. The zero-order chi connectivity index (χ0) is 14.8. The van der Waals surface area contributed by atoms with Crippen LogP contribution in [0.25, 0.3) is 6.08 Å². The van der Waals surface area contributed by atoms with Crippen molar-refractivity contribution in [1.82, 2.24) is 4.90 Å². The summed E-state index contributed by atoms with van der Waals surface area (Å²) in [7, 11) is 1.61. The van der Waals surface area contributed by atoms with Gasteiger partial charge in [0.1, 0.15) is 5.70 Å². The van der Waals surface area contributed by atoms with Gasteiger partial charge in [-0.15, -0.1) is 0 Å². The fourth-order valence-corrected chi connectivity index (χ4v) is 2.28. The van der Waals surface area contributed by atoms with Crippen molar-refractivity contribution in [2.75, 3.05) is 12.4 Å². The molecule has 2 aromatic carbocycles. The maximum atomic E-state index is 12.5. The molecule has 0 atom stereocenters. The minimum Gasteiger partial charge on any atom is -0.320 e. The maximum absolute atomic E-state index is 12.5. The molecule has 0 saturated heterocycles. The van der Waals surface area contributed by atoms with Crippen LogP contribution in [0.4, 0.5) is 5.69 Å². The number of rotatable bonds is 1. The molecule has 0 fully saturated rings. The van der Waals surface area contributed by atoms with Crippen molar-refractivity contribution in [1.29, 1.82) is 0 Å². The second-order valence-corrected chi connectivity index (χ2v) is 4.80. The molecule has 0 radical (unpaired) electrons. The topological polar surface area (TPSA) is 49.4 Å². The van der Waals surface area contributed by atoms with E-state index >= 15 is 0 Å². The molecule has 4 heteroatoms. The Morgan fingerprint density at radius 3 is 2.38 bits per heavy atom. The van der Waals surface area contributed by atoms with Crippen molar-refractivity contribution in [2.24, 2.45) is 0 Å². The van der Waals surface area contributed by atoms with E-state index in [1.54, 1.807) is 37.4 Å². The Labute approximate surface area is 122 Å². The average Bonchev–Trinajstić information content (AvgIpc) is 2.60. The Kier molecular flexibility index (Phi) is 3.28. The van der Waals surface area contributed by atoms with Crippen LogP contribution in [0, 0.1) is 0 Å². The van der Waals surface area contributed by atoms with Crippen molar-refractivity contribution in [3.8, 4) is 0 Å². The Bertz CT molecular complexity index is 735. The summed E-state index contributed by atoms with van der Waals surface area (Å²) in [5.74, 6) is -0.495. The Morgan fingerprint density at radius 2 is 1.62 bits per heavy atom. The molecule has 1 aliphatic heterocycles. The molecule has 0 spiro atoms. The van der Waals surface area contributed by atoms with Crippen LogP contribution in [-0.2, 0) is 4.79 Å². The first-order chi connectivity index (χ1) is 10.2. The third-order valence-electron chi connectivity index (χ3n) is 3.41. The quantitative estimate of drug-likeness (QED) is 0.815. The molecule has 2 amide bonds. The first-order valence-corrected chi connectivity index (χ1v) is 6.62. The molecule has 0 aliphatic carbocycles. The van der Waals surface area contributed by atoms with Crippen molar-refractivity contribution < 1.29 is 9.59 Å². The standard InChI is InChI=1S/C17H14N2O2/c1-19-15(11-12-7-3-2-4-8-12)16(20)18-14-10-6-5-9-13(14)17(19)21/h2-11H,1H3,(H,18,20)/b15-11+. The van der Waals surface area contributed by atoms with Gasteiger partial charge in [-0.05, 0) is 23.8 Å². The Balaban J connectivity index is 2.07. The number of amides is 2. The number of anilines is 1. The van der Waals surface area contributed by atoms with Gasteiger partial charge >= 0.3 is 0 Å². The average molecular weight is 278 g/mol. The number of carbonyl (C=O) groups is 2. The number of carbonyl (C=O) groups excluding carboxylic acids is 2. The van der Waals surface area contributed by atoms with E-state index in [4.69, 9.17) is 0 Å². The van der Waals surface area contributed by atoms with E-state index in [0.29, 0.717) is 16.9 Å². The Morgan fingerprint density at radius 1 is 0.952 bits per heavy atom. The summed E-state index contributed by atoms with van der Waals surface area (Å²) < 4.78 is 0. The van der Waals surface area contributed by atoms with Crippen molar-refractivity contribution in [3.63, 3.8) is 0 Å². The van der Waals surface area contributed by atoms with E-state index in [0.717, 1.165) is 5.56 Å². The highest BCUT2D eigenvalue weighted by Gasteiger charge is 2.27. The molecule has 104 valence electrons. The predicted octanol–water partition coefficient (Wildman–Crippen LogP) is 2.75. The van der Waals surface area contributed by atoms with Crippen LogP contribution < -0.4 is 5.32 Å². The summed E-state index contributed by atoms with van der Waals surface area (Å²) in [4.78, 5) is 26.2. The molecule has 0 saturated carbocycles. The second kappa shape index (κ2) is 5.25. The number of nitrogens with zero attached hydrogens (tertiary/aromatic N) is 1. The van der Waals surface area contributed by atoms with Gasteiger partial charge in [0.15, 0.2) is 0 Å². The molecule has 0 aromatic heterocycles. The van der Waals surface area contributed by atoms with Crippen LogP contribution >= 0.6 is 0 Å². The molecule has 1 aliphatic rings. The summed E-state index contributed by atoms with van der Waals surface area (Å²) >= 11 is 0. The van der Waals surface area contributed by atoms with E-state index in [9.17, 15) is 9.59 Å². The highest BCUT2D eigenvalue weighted by Crippen LogP contribution is 2.24. The molecular formula is C17H14N2O2. The van der Waals surface area contributed by atoms with Gasteiger partial charge in [-0.1, -0.05) is 42.5 Å². The molecule has 4 nitrogen and oxygen atoms in total.